The topological polar surface area (TPSA) is 46.5 Å². The smallest absolute Gasteiger partial charge is 0.342 e. The van der Waals surface area contributed by atoms with Gasteiger partial charge in [-0.05, 0) is 28.1 Å². The molecule has 0 aliphatic heterocycles. The van der Waals surface area contributed by atoms with Gasteiger partial charge in [-0.3, -0.25) is 0 Å². The maximum absolute atomic E-state index is 10.5. The lowest BCUT2D eigenvalue weighted by Crippen LogP contribution is -1.93. The molecule has 0 heterocycles. The number of hydrogen-bond donors (Lipinski definition) is 1. The van der Waals surface area contributed by atoms with Crippen LogP contribution in [0.1, 0.15) is 5.56 Å². The first kappa shape index (κ1) is 10.8. The number of aliphatic carboxylic acids is 1. The number of carbonyl (C=O) groups is 1. The maximum Gasteiger partial charge on any atom is 0.342 e. The van der Waals surface area contributed by atoms with E-state index >= 15 is 0 Å². The number of rotatable bonds is 3. The average molecular weight is 257 g/mol. The fourth-order valence-corrected chi connectivity index (χ4v) is 1.23. The van der Waals surface area contributed by atoms with Gasteiger partial charge in [-0.1, -0.05) is 18.2 Å². The van der Waals surface area contributed by atoms with Gasteiger partial charge in [0, 0.05) is 5.56 Å². The van der Waals surface area contributed by atoms with Crippen LogP contribution in [-0.4, -0.2) is 18.2 Å². The summed E-state index contributed by atoms with van der Waals surface area (Å²) in [6, 6.07) is 7.19. The van der Waals surface area contributed by atoms with Crippen molar-refractivity contribution in [2.45, 2.75) is 0 Å². The number of halogens is 1. The Hall–Kier alpha value is -1.29. The number of hydrogen-bond acceptors (Lipinski definition) is 2. The molecule has 14 heavy (non-hydrogen) atoms. The molecule has 0 saturated carbocycles. The van der Waals surface area contributed by atoms with Gasteiger partial charge < -0.3 is 9.84 Å². The average Bonchev–Trinajstić information content (AvgIpc) is 2.18. The summed E-state index contributed by atoms with van der Waals surface area (Å²) in [6.45, 7) is 0. The second kappa shape index (κ2) is 4.81. The summed E-state index contributed by atoms with van der Waals surface area (Å²) in [5.74, 6) is -0.360. The van der Waals surface area contributed by atoms with E-state index in [0.717, 1.165) is 5.56 Å². The molecule has 0 aliphatic rings. The number of ether oxygens (including phenoxy) is 1. The van der Waals surface area contributed by atoms with E-state index in [1.54, 1.807) is 19.2 Å². The third-order valence-corrected chi connectivity index (χ3v) is 2.19. The van der Waals surface area contributed by atoms with Crippen molar-refractivity contribution in [1.82, 2.24) is 0 Å². The van der Waals surface area contributed by atoms with E-state index in [0.29, 0.717) is 5.75 Å². The predicted octanol–water partition coefficient (Wildman–Crippen LogP) is 2.52. The minimum absolute atomic E-state index is 0.0991. The summed E-state index contributed by atoms with van der Waals surface area (Å²) in [7, 11) is 1.54. The van der Waals surface area contributed by atoms with E-state index in [9.17, 15) is 4.79 Å². The molecule has 0 fully saturated rings. The molecule has 74 valence electrons. The van der Waals surface area contributed by atoms with Gasteiger partial charge in [0.2, 0.25) is 0 Å². The third-order valence-electron chi connectivity index (χ3n) is 1.63. The van der Waals surface area contributed by atoms with Crippen molar-refractivity contribution in [3.8, 4) is 5.75 Å². The number of para-hydroxylation sites is 1. The van der Waals surface area contributed by atoms with Crippen molar-refractivity contribution in [3.05, 3.63) is 34.3 Å². The summed E-state index contributed by atoms with van der Waals surface area (Å²) >= 11 is 2.95. The summed E-state index contributed by atoms with van der Waals surface area (Å²) in [5.41, 5.74) is 0.726. The van der Waals surface area contributed by atoms with Gasteiger partial charge in [0.1, 0.15) is 10.2 Å². The highest BCUT2D eigenvalue weighted by Crippen LogP contribution is 2.22. The lowest BCUT2D eigenvalue weighted by atomic mass is 10.2. The van der Waals surface area contributed by atoms with Crippen molar-refractivity contribution in [2.75, 3.05) is 7.11 Å². The second-order valence-electron chi connectivity index (χ2n) is 2.54. The summed E-state index contributed by atoms with van der Waals surface area (Å²) in [6.07, 6.45) is 1.50. The van der Waals surface area contributed by atoms with Crippen LogP contribution in [0.2, 0.25) is 0 Å². The van der Waals surface area contributed by atoms with Crippen molar-refractivity contribution in [2.24, 2.45) is 0 Å². The molecule has 0 aromatic heterocycles. The molecule has 0 unspecified atom stereocenters. The molecule has 0 radical (unpaired) electrons. The molecule has 1 aromatic carbocycles. The van der Waals surface area contributed by atoms with E-state index in [-0.39, 0.29) is 4.48 Å². The lowest BCUT2D eigenvalue weighted by Gasteiger charge is -2.03. The van der Waals surface area contributed by atoms with E-state index < -0.39 is 5.97 Å². The zero-order chi connectivity index (χ0) is 10.6. The second-order valence-corrected chi connectivity index (χ2v) is 3.39. The predicted molar refractivity (Wildman–Crippen MR) is 57.5 cm³/mol. The van der Waals surface area contributed by atoms with Crippen molar-refractivity contribution < 1.29 is 14.6 Å². The quantitative estimate of drug-likeness (QED) is 0.846. The molecule has 4 heteroatoms. The van der Waals surface area contributed by atoms with E-state index in [4.69, 9.17) is 9.84 Å². The molecular weight excluding hydrogens is 248 g/mol. The lowest BCUT2D eigenvalue weighted by molar-refractivity contribution is -0.131. The highest BCUT2D eigenvalue weighted by molar-refractivity contribution is 9.12. The van der Waals surface area contributed by atoms with Gasteiger partial charge in [0.15, 0.2) is 0 Å². The Balaban J connectivity index is 3.07. The number of carboxylic acids is 1. The molecule has 0 saturated heterocycles. The van der Waals surface area contributed by atoms with Gasteiger partial charge in [0.25, 0.3) is 0 Å². The molecule has 3 nitrogen and oxygen atoms in total. The Morgan fingerprint density at radius 3 is 2.71 bits per heavy atom. The standard InChI is InChI=1S/C10H9BrO3/c1-14-9-5-3-2-4-7(9)6-8(11)10(12)13/h2-6H,1H3,(H,12,13). The minimum atomic E-state index is -1.00. The first-order valence-corrected chi connectivity index (χ1v) is 4.68. The summed E-state index contributed by atoms with van der Waals surface area (Å²) in [5, 5.41) is 8.65. The van der Waals surface area contributed by atoms with Crippen LogP contribution in [0.5, 0.6) is 5.75 Å². The van der Waals surface area contributed by atoms with Crippen LogP contribution in [0, 0.1) is 0 Å². The first-order valence-electron chi connectivity index (χ1n) is 3.88. The fourth-order valence-electron chi connectivity index (χ4n) is 0.984. The molecule has 0 spiro atoms. The Labute approximate surface area is 90.1 Å². The third kappa shape index (κ3) is 2.60. The van der Waals surface area contributed by atoms with Crippen molar-refractivity contribution in [3.63, 3.8) is 0 Å². The number of carboxylic acid groups (broad SMARTS) is 1. The van der Waals surface area contributed by atoms with Crippen molar-refractivity contribution in [1.29, 1.82) is 0 Å². The molecule has 1 rings (SSSR count). The van der Waals surface area contributed by atoms with Crippen molar-refractivity contribution >= 4 is 28.0 Å². The Kier molecular flexibility index (Phi) is 3.71. The highest BCUT2D eigenvalue weighted by Gasteiger charge is 2.04. The first-order chi connectivity index (χ1) is 6.65. The van der Waals surface area contributed by atoms with Gasteiger partial charge in [0.05, 0.1) is 7.11 Å². The monoisotopic (exact) mass is 256 g/mol. The fraction of sp³-hybridized carbons (Fsp3) is 0.100. The molecule has 1 aromatic rings. The van der Waals surface area contributed by atoms with E-state index in [2.05, 4.69) is 15.9 Å². The highest BCUT2D eigenvalue weighted by atomic mass is 79.9. The molecule has 0 bridgehead atoms. The molecule has 0 aliphatic carbocycles. The summed E-state index contributed by atoms with van der Waals surface area (Å²) in [4.78, 5) is 10.5. The summed E-state index contributed by atoms with van der Waals surface area (Å²) < 4.78 is 5.17. The van der Waals surface area contributed by atoms with Crippen LogP contribution in [0.3, 0.4) is 0 Å². The van der Waals surface area contributed by atoms with Crippen LogP contribution >= 0.6 is 15.9 Å². The van der Waals surface area contributed by atoms with Gasteiger partial charge in [-0.25, -0.2) is 4.79 Å². The zero-order valence-corrected chi connectivity index (χ0v) is 9.11. The normalized spacial score (nSPS) is 11.1. The van der Waals surface area contributed by atoms with E-state index in [1.807, 2.05) is 12.1 Å². The van der Waals surface area contributed by atoms with Gasteiger partial charge >= 0.3 is 5.97 Å². The van der Waals surface area contributed by atoms with Crippen LogP contribution < -0.4 is 4.74 Å². The SMILES string of the molecule is COc1ccccc1C=C(Br)C(=O)O. The minimum Gasteiger partial charge on any atom is -0.496 e. The molecule has 0 atom stereocenters. The largest absolute Gasteiger partial charge is 0.496 e. The molecule has 0 amide bonds. The zero-order valence-electron chi connectivity index (χ0n) is 7.53. The maximum atomic E-state index is 10.5. The number of methoxy groups -OCH3 is 1. The Morgan fingerprint density at radius 1 is 1.50 bits per heavy atom. The van der Waals surface area contributed by atoms with Crippen LogP contribution in [0.15, 0.2) is 28.7 Å². The molecule has 1 N–H and O–H groups in total. The number of benzene rings is 1. The Bertz CT molecular complexity index is 371. The molecular formula is C10H9BrO3. The van der Waals surface area contributed by atoms with Crippen LogP contribution in [0.25, 0.3) is 6.08 Å². The van der Waals surface area contributed by atoms with E-state index in [1.165, 1.54) is 6.08 Å². The van der Waals surface area contributed by atoms with Crippen LogP contribution in [-0.2, 0) is 4.79 Å². The van der Waals surface area contributed by atoms with Crippen LogP contribution in [0.4, 0.5) is 0 Å². The Morgan fingerprint density at radius 2 is 2.14 bits per heavy atom. The van der Waals surface area contributed by atoms with Gasteiger partial charge in [-0.2, -0.15) is 0 Å². The van der Waals surface area contributed by atoms with Gasteiger partial charge in [-0.15, -0.1) is 0 Å².